The van der Waals surface area contributed by atoms with Crippen molar-refractivity contribution in [1.82, 2.24) is 0 Å². The zero-order valence-corrected chi connectivity index (χ0v) is 18.3. The summed E-state index contributed by atoms with van der Waals surface area (Å²) in [6, 6.07) is 13.6. The second kappa shape index (κ2) is 10.1. The van der Waals surface area contributed by atoms with Gasteiger partial charge in [-0.05, 0) is 43.3 Å². The summed E-state index contributed by atoms with van der Waals surface area (Å²) < 4.78 is 10.3. The van der Waals surface area contributed by atoms with E-state index in [1.165, 1.54) is 23.9 Å². The molecule has 0 spiro atoms. The Morgan fingerprint density at radius 3 is 2.55 bits per heavy atom. The normalized spacial score (nSPS) is 16.4. The van der Waals surface area contributed by atoms with Gasteiger partial charge in [-0.2, -0.15) is 0 Å². The van der Waals surface area contributed by atoms with Crippen LogP contribution in [-0.4, -0.2) is 49.0 Å². The number of imide groups is 1. The Balaban J connectivity index is 1.71. The number of aliphatic imine (C=N–C) groups is 1. The molecule has 31 heavy (non-hydrogen) atoms. The first-order valence-corrected chi connectivity index (χ1v) is 10.5. The van der Waals surface area contributed by atoms with Crippen LogP contribution in [0.4, 0.5) is 11.4 Å². The number of ether oxygens (including phenoxy) is 2. The summed E-state index contributed by atoms with van der Waals surface area (Å²) in [4.78, 5) is 42.7. The first-order chi connectivity index (χ1) is 15.0. The van der Waals surface area contributed by atoms with Crippen LogP contribution < -0.4 is 15.0 Å². The van der Waals surface area contributed by atoms with Gasteiger partial charge in [0.25, 0.3) is 0 Å². The lowest BCUT2D eigenvalue weighted by Crippen LogP contribution is -2.31. The van der Waals surface area contributed by atoms with Crippen LogP contribution in [0.5, 0.6) is 5.75 Å². The minimum Gasteiger partial charge on any atom is -0.495 e. The second-order valence-electron chi connectivity index (χ2n) is 6.50. The summed E-state index contributed by atoms with van der Waals surface area (Å²) in [7, 11) is 3.18. The van der Waals surface area contributed by atoms with Crippen LogP contribution in [0.15, 0.2) is 53.5 Å². The van der Waals surface area contributed by atoms with E-state index in [1.54, 1.807) is 33.2 Å². The summed E-state index contributed by atoms with van der Waals surface area (Å²) in [5.41, 5.74) is 1.48. The third kappa shape index (κ3) is 5.05. The summed E-state index contributed by atoms with van der Waals surface area (Å²) in [5, 5.41) is 3.03. The molecule has 162 valence electrons. The number of para-hydroxylation sites is 2. The maximum atomic E-state index is 12.9. The fourth-order valence-corrected chi connectivity index (χ4v) is 4.04. The molecule has 2 aromatic carbocycles. The fraction of sp³-hybridized carbons (Fsp3) is 0.273. The van der Waals surface area contributed by atoms with Crippen LogP contribution in [0.25, 0.3) is 0 Å². The number of anilines is 2. The Labute approximate surface area is 184 Å². The number of thioether (sulfide) groups is 1. The van der Waals surface area contributed by atoms with Crippen LogP contribution in [0, 0.1) is 0 Å². The van der Waals surface area contributed by atoms with Gasteiger partial charge in [0.05, 0.1) is 30.7 Å². The number of hydrogen-bond acceptors (Lipinski definition) is 7. The van der Waals surface area contributed by atoms with Crippen molar-refractivity contribution in [3.05, 3.63) is 54.1 Å². The average Bonchev–Trinajstić information content (AvgIpc) is 3.06. The summed E-state index contributed by atoms with van der Waals surface area (Å²) in [6.07, 6.45) is 0.0513. The molecule has 3 rings (SSSR count). The van der Waals surface area contributed by atoms with Gasteiger partial charge < -0.3 is 14.8 Å². The number of nitrogens with zero attached hydrogens (tertiary/aromatic N) is 2. The lowest BCUT2D eigenvalue weighted by Gasteiger charge is -2.16. The maximum absolute atomic E-state index is 12.9. The number of esters is 1. The molecule has 1 fully saturated rings. The molecule has 2 aromatic rings. The number of amidine groups is 1. The van der Waals surface area contributed by atoms with E-state index in [9.17, 15) is 14.4 Å². The van der Waals surface area contributed by atoms with Crippen molar-refractivity contribution >= 4 is 46.1 Å². The molecule has 0 aromatic heterocycles. The number of methoxy groups -OCH3 is 1. The van der Waals surface area contributed by atoms with Gasteiger partial charge in [0.15, 0.2) is 5.17 Å². The van der Waals surface area contributed by atoms with E-state index in [1.807, 2.05) is 24.3 Å². The van der Waals surface area contributed by atoms with Crippen LogP contribution >= 0.6 is 11.8 Å². The standard InChI is InChI=1S/C22H23N3O5S/c1-4-30-21(28)14-9-11-15(12-10-14)25-19(26)13-18(20(25)27)31-22(23-2)24-16-7-5-6-8-17(16)29-3/h5-12,18H,4,13H2,1-3H3,(H,23,24). The first kappa shape index (κ1) is 22.4. The molecule has 1 unspecified atom stereocenters. The molecule has 0 aliphatic carbocycles. The molecule has 2 amide bonds. The molecule has 1 aliphatic rings. The van der Waals surface area contributed by atoms with Gasteiger partial charge in [-0.15, -0.1) is 0 Å². The molecule has 1 aliphatic heterocycles. The molecular weight excluding hydrogens is 418 g/mol. The number of hydrogen-bond donors (Lipinski definition) is 1. The van der Waals surface area contributed by atoms with E-state index in [2.05, 4.69) is 10.3 Å². The van der Waals surface area contributed by atoms with Gasteiger partial charge in [0.2, 0.25) is 11.8 Å². The Kier molecular flexibility index (Phi) is 7.30. The highest BCUT2D eigenvalue weighted by atomic mass is 32.2. The molecule has 9 heteroatoms. The Hall–Kier alpha value is -3.33. The van der Waals surface area contributed by atoms with E-state index < -0.39 is 11.2 Å². The fourth-order valence-electron chi connectivity index (χ4n) is 3.06. The molecule has 1 saturated heterocycles. The summed E-state index contributed by atoms with van der Waals surface area (Å²) in [6.45, 7) is 2.00. The van der Waals surface area contributed by atoms with Gasteiger partial charge in [0.1, 0.15) is 11.0 Å². The predicted molar refractivity (Wildman–Crippen MR) is 121 cm³/mol. The lowest BCUT2D eigenvalue weighted by atomic mass is 10.2. The molecule has 8 nitrogen and oxygen atoms in total. The van der Waals surface area contributed by atoms with Gasteiger partial charge in [-0.1, -0.05) is 23.9 Å². The Bertz CT molecular complexity index is 1010. The Morgan fingerprint density at radius 2 is 1.90 bits per heavy atom. The third-order valence-corrected chi connectivity index (χ3v) is 5.71. The first-order valence-electron chi connectivity index (χ1n) is 9.66. The van der Waals surface area contributed by atoms with E-state index in [-0.39, 0.29) is 24.8 Å². The van der Waals surface area contributed by atoms with Gasteiger partial charge in [0, 0.05) is 13.5 Å². The van der Waals surface area contributed by atoms with E-state index >= 15 is 0 Å². The zero-order chi connectivity index (χ0) is 22.4. The van der Waals surface area contributed by atoms with Crippen molar-refractivity contribution in [2.45, 2.75) is 18.6 Å². The molecule has 0 bridgehead atoms. The molecule has 1 atom stereocenters. The molecule has 1 N–H and O–H groups in total. The number of carbonyl (C=O) groups excluding carboxylic acids is 3. The second-order valence-corrected chi connectivity index (χ2v) is 7.69. The number of nitrogens with one attached hydrogen (secondary N) is 1. The predicted octanol–water partition coefficient (Wildman–Crippen LogP) is 3.33. The van der Waals surface area contributed by atoms with Crippen molar-refractivity contribution < 1.29 is 23.9 Å². The van der Waals surface area contributed by atoms with E-state index in [0.717, 1.165) is 4.90 Å². The van der Waals surface area contributed by atoms with Gasteiger partial charge in [-0.3, -0.25) is 14.6 Å². The quantitative estimate of drug-likeness (QED) is 0.318. The highest BCUT2D eigenvalue weighted by Crippen LogP contribution is 2.32. The summed E-state index contributed by atoms with van der Waals surface area (Å²) >= 11 is 1.19. The number of rotatable bonds is 6. The van der Waals surface area contributed by atoms with Crippen LogP contribution in [0.3, 0.4) is 0 Å². The maximum Gasteiger partial charge on any atom is 0.338 e. The van der Waals surface area contributed by atoms with Crippen LogP contribution in [0.2, 0.25) is 0 Å². The number of benzene rings is 2. The van der Waals surface area contributed by atoms with Crippen LogP contribution in [0.1, 0.15) is 23.7 Å². The van der Waals surface area contributed by atoms with Crippen molar-refractivity contribution in [2.75, 3.05) is 31.0 Å². The Morgan fingerprint density at radius 1 is 1.19 bits per heavy atom. The van der Waals surface area contributed by atoms with Crippen LogP contribution in [-0.2, 0) is 14.3 Å². The smallest absolute Gasteiger partial charge is 0.338 e. The SMILES string of the molecule is CCOC(=O)c1ccc(N2C(=O)CC(SC(=NC)Nc3ccccc3OC)C2=O)cc1. The van der Waals surface area contributed by atoms with E-state index in [0.29, 0.717) is 27.9 Å². The van der Waals surface area contributed by atoms with Crippen molar-refractivity contribution in [1.29, 1.82) is 0 Å². The van der Waals surface area contributed by atoms with Crippen molar-refractivity contribution in [3.8, 4) is 5.75 Å². The highest BCUT2D eigenvalue weighted by Gasteiger charge is 2.40. The van der Waals surface area contributed by atoms with Crippen molar-refractivity contribution in [3.63, 3.8) is 0 Å². The third-order valence-electron chi connectivity index (χ3n) is 4.55. The van der Waals surface area contributed by atoms with E-state index in [4.69, 9.17) is 9.47 Å². The number of amides is 2. The average molecular weight is 442 g/mol. The van der Waals surface area contributed by atoms with Gasteiger partial charge >= 0.3 is 5.97 Å². The minimum atomic E-state index is -0.613. The zero-order valence-electron chi connectivity index (χ0n) is 17.5. The summed E-state index contributed by atoms with van der Waals surface area (Å²) in [5.74, 6) is -0.449. The molecule has 1 heterocycles. The molecule has 0 saturated carbocycles. The number of carbonyl (C=O) groups is 3. The highest BCUT2D eigenvalue weighted by molar-refractivity contribution is 8.15. The minimum absolute atomic E-state index is 0.0513. The molecular formula is C22H23N3O5S. The van der Waals surface area contributed by atoms with Gasteiger partial charge in [-0.25, -0.2) is 9.69 Å². The topological polar surface area (TPSA) is 97.3 Å². The largest absolute Gasteiger partial charge is 0.495 e. The lowest BCUT2D eigenvalue weighted by molar-refractivity contribution is -0.121. The van der Waals surface area contributed by atoms with Crippen molar-refractivity contribution in [2.24, 2.45) is 4.99 Å². The molecule has 0 radical (unpaired) electrons. The monoisotopic (exact) mass is 441 g/mol.